The number of halogens is 2. The Morgan fingerprint density at radius 2 is 2.24 bits per heavy atom. The van der Waals surface area contributed by atoms with E-state index in [0.29, 0.717) is 10.7 Å². The van der Waals surface area contributed by atoms with Crippen LogP contribution in [0.25, 0.3) is 0 Å². The Balaban J connectivity index is 2.77. The summed E-state index contributed by atoms with van der Waals surface area (Å²) in [6.07, 6.45) is 0.862. The van der Waals surface area contributed by atoms with Crippen molar-refractivity contribution in [3.8, 4) is 0 Å². The van der Waals surface area contributed by atoms with Gasteiger partial charge in [-0.3, -0.25) is 4.79 Å². The number of hydrogen-bond acceptors (Lipinski definition) is 2. The van der Waals surface area contributed by atoms with Crippen LogP contribution in [0.15, 0.2) is 22.7 Å². The van der Waals surface area contributed by atoms with Gasteiger partial charge in [0.25, 0.3) is 0 Å². The van der Waals surface area contributed by atoms with Crippen LogP contribution in [0.1, 0.15) is 20.3 Å². The molecule has 3 N–H and O–H groups in total. The van der Waals surface area contributed by atoms with E-state index in [9.17, 15) is 4.79 Å². The highest BCUT2D eigenvalue weighted by Gasteiger charge is 2.20. The van der Waals surface area contributed by atoms with Crippen LogP contribution < -0.4 is 11.1 Å². The lowest BCUT2D eigenvalue weighted by atomic mass is 9.99. The van der Waals surface area contributed by atoms with Crippen LogP contribution in [0.5, 0.6) is 0 Å². The van der Waals surface area contributed by atoms with Gasteiger partial charge in [-0.15, -0.1) is 0 Å². The van der Waals surface area contributed by atoms with Crippen molar-refractivity contribution in [1.29, 1.82) is 0 Å². The van der Waals surface area contributed by atoms with Gasteiger partial charge in [0.05, 0.1) is 16.8 Å². The van der Waals surface area contributed by atoms with Crippen LogP contribution in [-0.2, 0) is 4.79 Å². The van der Waals surface area contributed by atoms with Crippen molar-refractivity contribution in [3.05, 3.63) is 27.7 Å². The second-order valence-electron chi connectivity index (χ2n) is 4.02. The zero-order valence-corrected chi connectivity index (χ0v) is 12.2. The first-order chi connectivity index (χ1) is 7.95. The Kier molecular flexibility index (Phi) is 5.43. The number of rotatable bonds is 4. The molecule has 94 valence electrons. The first kappa shape index (κ1) is 14.5. The molecular formula is C12H16BrClN2O. The van der Waals surface area contributed by atoms with E-state index in [1.54, 1.807) is 12.1 Å². The molecule has 0 aliphatic rings. The number of carbonyl (C=O) groups is 1. The Morgan fingerprint density at radius 1 is 1.59 bits per heavy atom. The highest BCUT2D eigenvalue weighted by Crippen LogP contribution is 2.26. The van der Waals surface area contributed by atoms with Gasteiger partial charge in [-0.1, -0.05) is 47.8 Å². The molecule has 1 aromatic rings. The lowest BCUT2D eigenvalue weighted by Gasteiger charge is -2.18. The zero-order chi connectivity index (χ0) is 13.0. The van der Waals surface area contributed by atoms with Crippen molar-refractivity contribution >= 4 is 39.1 Å². The summed E-state index contributed by atoms with van der Waals surface area (Å²) >= 11 is 9.31. The molecule has 0 saturated heterocycles. The third-order valence-electron chi connectivity index (χ3n) is 2.75. The molecule has 0 radical (unpaired) electrons. The average molecular weight is 320 g/mol. The molecular weight excluding hydrogens is 304 g/mol. The van der Waals surface area contributed by atoms with Crippen molar-refractivity contribution in [2.45, 2.75) is 26.3 Å². The van der Waals surface area contributed by atoms with Gasteiger partial charge in [0.1, 0.15) is 0 Å². The number of carbonyl (C=O) groups excluding carboxylic acids is 1. The van der Waals surface area contributed by atoms with Crippen LogP contribution in [0.2, 0.25) is 5.02 Å². The Bertz CT molecular complexity index is 411. The largest absolute Gasteiger partial charge is 0.323 e. The maximum atomic E-state index is 11.9. The van der Waals surface area contributed by atoms with E-state index in [1.807, 2.05) is 19.9 Å². The van der Waals surface area contributed by atoms with E-state index in [-0.39, 0.29) is 11.8 Å². The van der Waals surface area contributed by atoms with Crippen LogP contribution in [0.3, 0.4) is 0 Å². The molecule has 0 aliphatic carbocycles. The lowest BCUT2D eigenvalue weighted by molar-refractivity contribution is -0.118. The Morgan fingerprint density at radius 3 is 2.82 bits per heavy atom. The first-order valence-electron chi connectivity index (χ1n) is 5.47. The normalized spacial score (nSPS) is 14.2. The van der Waals surface area contributed by atoms with Crippen LogP contribution in [0, 0.1) is 5.92 Å². The van der Waals surface area contributed by atoms with Crippen molar-refractivity contribution < 1.29 is 4.79 Å². The van der Waals surface area contributed by atoms with Gasteiger partial charge < -0.3 is 11.1 Å². The molecule has 17 heavy (non-hydrogen) atoms. The average Bonchev–Trinajstić information content (AvgIpc) is 2.31. The van der Waals surface area contributed by atoms with E-state index in [1.165, 1.54) is 0 Å². The summed E-state index contributed by atoms with van der Waals surface area (Å²) in [5, 5.41) is 3.24. The quantitative estimate of drug-likeness (QED) is 0.893. The second-order valence-corrected chi connectivity index (χ2v) is 5.35. The van der Waals surface area contributed by atoms with Gasteiger partial charge in [-0.25, -0.2) is 0 Å². The standard InChI is InChI=1S/C12H16BrClN2O/c1-3-7(2)11(15)12(17)16-10-6-8(13)4-5-9(10)14/h4-7,11H,3,15H2,1-2H3,(H,16,17). The fourth-order valence-corrected chi connectivity index (χ4v) is 1.85. The van der Waals surface area contributed by atoms with Crippen LogP contribution in [0.4, 0.5) is 5.69 Å². The fourth-order valence-electron chi connectivity index (χ4n) is 1.32. The highest BCUT2D eigenvalue weighted by molar-refractivity contribution is 9.10. The molecule has 0 bridgehead atoms. The summed E-state index contributed by atoms with van der Waals surface area (Å²) in [5.41, 5.74) is 6.41. The van der Waals surface area contributed by atoms with E-state index in [2.05, 4.69) is 21.2 Å². The molecule has 0 aromatic heterocycles. The summed E-state index contributed by atoms with van der Waals surface area (Å²) in [6, 6.07) is 4.77. The minimum absolute atomic E-state index is 0.140. The smallest absolute Gasteiger partial charge is 0.241 e. The number of nitrogens with two attached hydrogens (primary N) is 1. The second kappa shape index (κ2) is 6.38. The Labute approximate surface area is 115 Å². The summed E-state index contributed by atoms with van der Waals surface area (Å²) in [6.45, 7) is 3.96. The summed E-state index contributed by atoms with van der Waals surface area (Å²) in [5.74, 6) is -0.0692. The number of amides is 1. The summed E-state index contributed by atoms with van der Waals surface area (Å²) in [4.78, 5) is 11.9. The molecule has 2 unspecified atom stereocenters. The van der Waals surface area contributed by atoms with Crippen LogP contribution >= 0.6 is 27.5 Å². The molecule has 0 spiro atoms. The molecule has 2 atom stereocenters. The van der Waals surface area contributed by atoms with Crippen molar-refractivity contribution in [1.82, 2.24) is 0 Å². The van der Waals surface area contributed by atoms with E-state index >= 15 is 0 Å². The zero-order valence-electron chi connectivity index (χ0n) is 9.84. The van der Waals surface area contributed by atoms with E-state index in [4.69, 9.17) is 17.3 Å². The first-order valence-corrected chi connectivity index (χ1v) is 6.64. The number of anilines is 1. The molecule has 3 nitrogen and oxygen atoms in total. The molecule has 0 heterocycles. The van der Waals surface area contributed by atoms with Gasteiger partial charge in [0, 0.05) is 4.47 Å². The number of nitrogens with one attached hydrogen (secondary N) is 1. The van der Waals surface area contributed by atoms with Gasteiger partial charge in [-0.05, 0) is 24.1 Å². The maximum Gasteiger partial charge on any atom is 0.241 e. The topological polar surface area (TPSA) is 55.1 Å². The summed E-state index contributed by atoms with van der Waals surface area (Å²) in [7, 11) is 0. The van der Waals surface area contributed by atoms with Gasteiger partial charge >= 0.3 is 0 Å². The summed E-state index contributed by atoms with van der Waals surface area (Å²) < 4.78 is 0.856. The van der Waals surface area contributed by atoms with Crippen molar-refractivity contribution in [2.24, 2.45) is 11.7 Å². The van der Waals surface area contributed by atoms with Gasteiger partial charge in [-0.2, -0.15) is 0 Å². The van der Waals surface area contributed by atoms with Crippen LogP contribution in [-0.4, -0.2) is 11.9 Å². The SMILES string of the molecule is CCC(C)C(N)C(=O)Nc1cc(Br)ccc1Cl. The minimum Gasteiger partial charge on any atom is -0.323 e. The monoisotopic (exact) mass is 318 g/mol. The lowest BCUT2D eigenvalue weighted by Crippen LogP contribution is -2.40. The highest BCUT2D eigenvalue weighted by atomic mass is 79.9. The van der Waals surface area contributed by atoms with E-state index in [0.717, 1.165) is 10.9 Å². The predicted molar refractivity (Wildman–Crippen MR) is 75.2 cm³/mol. The van der Waals surface area contributed by atoms with Gasteiger partial charge in [0.2, 0.25) is 5.91 Å². The molecule has 1 rings (SSSR count). The van der Waals surface area contributed by atoms with Crippen molar-refractivity contribution in [2.75, 3.05) is 5.32 Å². The van der Waals surface area contributed by atoms with Crippen molar-refractivity contribution in [3.63, 3.8) is 0 Å². The molecule has 0 saturated carbocycles. The third kappa shape index (κ3) is 3.98. The molecule has 5 heteroatoms. The third-order valence-corrected chi connectivity index (χ3v) is 3.57. The predicted octanol–water partition coefficient (Wildman–Crippen LogP) is 3.41. The minimum atomic E-state index is -0.518. The Hall–Kier alpha value is -0.580. The fraction of sp³-hybridized carbons (Fsp3) is 0.417. The molecule has 1 aromatic carbocycles. The number of hydrogen-bond donors (Lipinski definition) is 2. The maximum absolute atomic E-state index is 11.9. The van der Waals surface area contributed by atoms with E-state index < -0.39 is 6.04 Å². The van der Waals surface area contributed by atoms with Gasteiger partial charge in [0.15, 0.2) is 0 Å². The molecule has 0 fully saturated rings. The molecule has 1 amide bonds. The number of benzene rings is 1. The molecule has 0 aliphatic heterocycles.